The number of methoxy groups -OCH3 is 2. The fourth-order valence-electron chi connectivity index (χ4n) is 3.25. The molecule has 3 rings (SSSR count). The molecule has 1 aliphatic heterocycles. The van der Waals surface area contributed by atoms with Crippen molar-refractivity contribution in [1.29, 1.82) is 4.78 Å². The first-order chi connectivity index (χ1) is 12.4. The summed E-state index contributed by atoms with van der Waals surface area (Å²) in [4.78, 5) is 11.1. The molecular weight excluding hydrogens is 354 g/mol. The standard InChI is InChI=1S/C17H25N5O3S/c1-24-15-8-13-14(9-16(15)25-2)19-11-20-17(13)22-6-4-12(5-7-22)10-21-26(3,18)23/h8-9,11-12H,4-7,10H2,1-3H3,(H2,18,21,23)/t26-/m1/s1. The summed E-state index contributed by atoms with van der Waals surface area (Å²) in [5.41, 5.74) is 0.816. The smallest absolute Gasteiger partial charge is 0.162 e. The largest absolute Gasteiger partial charge is 0.493 e. The second-order valence-corrected chi connectivity index (χ2v) is 8.52. The van der Waals surface area contributed by atoms with Crippen molar-refractivity contribution in [2.45, 2.75) is 12.8 Å². The summed E-state index contributed by atoms with van der Waals surface area (Å²) in [6.07, 6.45) is 4.91. The van der Waals surface area contributed by atoms with E-state index in [1.54, 1.807) is 20.5 Å². The maximum atomic E-state index is 11.5. The van der Waals surface area contributed by atoms with Crippen molar-refractivity contribution in [3.63, 3.8) is 0 Å². The fourth-order valence-corrected chi connectivity index (χ4v) is 3.80. The van der Waals surface area contributed by atoms with Crippen LogP contribution < -0.4 is 19.1 Å². The highest BCUT2D eigenvalue weighted by Crippen LogP contribution is 2.35. The van der Waals surface area contributed by atoms with Gasteiger partial charge >= 0.3 is 0 Å². The molecule has 0 bridgehead atoms. The summed E-state index contributed by atoms with van der Waals surface area (Å²) >= 11 is 0. The van der Waals surface area contributed by atoms with Crippen LogP contribution in [0.1, 0.15) is 12.8 Å². The fraction of sp³-hybridized carbons (Fsp3) is 0.529. The van der Waals surface area contributed by atoms with E-state index in [1.165, 1.54) is 6.26 Å². The second-order valence-electron chi connectivity index (χ2n) is 6.54. The normalized spacial score (nSPS) is 17.9. The Morgan fingerprint density at radius 1 is 1.23 bits per heavy atom. The van der Waals surface area contributed by atoms with E-state index in [0.717, 1.165) is 42.7 Å². The molecule has 2 N–H and O–H groups in total. The van der Waals surface area contributed by atoms with Crippen molar-refractivity contribution < 1.29 is 13.7 Å². The Balaban J connectivity index is 1.79. The van der Waals surface area contributed by atoms with Crippen LogP contribution in [0.25, 0.3) is 10.9 Å². The lowest BCUT2D eigenvalue weighted by Crippen LogP contribution is -2.38. The summed E-state index contributed by atoms with van der Waals surface area (Å²) in [6.45, 7) is 2.33. The third-order valence-electron chi connectivity index (χ3n) is 4.68. The maximum Gasteiger partial charge on any atom is 0.162 e. The van der Waals surface area contributed by atoms with Crippen LogP contribution in [0.3, 0.4) is 0 Å². The monoisotopic (exact) mass is 379 g/mol. The Morgan fingerprint density at radius 3 is 2.50 bits per heavy atom. The average Bonchev–Trinajstić information content (AvgIpc) is 2.64. The first-order valence-electron chi connectivity index (χ1n) is 8.51. The molecule has 2 heterocycles. The molecule has 0 amide bonds. The van der Waals surface area contributed by atoms with Gasteiger partial charge in [0.05, 0.1) is 19.7 Å². The molecule has 1 atom stereocenters. The Labute approximate surface area is 154 Å². The predicted molar refractivity (Wildman–Crippen MR) is 102 cm³/mol. The maximum absolute atomic E-state index is 11.5. The second kappa shape index (κ2) is 7.63. The highest BCUT2D eigenvalue weighted by Gasteiger charge is 2.22. The quantitative estimate of drug-likeness (QED) is 0.797. The molecule has 9 heteroatoms. The van der Waals surface area contributed by atoms with Crippen LogP contribution in [-0.4, -0.2) is 54.3 Å². The van der Waals surface area contributed by atoms with E-state index in [2.05, 4.69) is 19.6 Å². The highest BCUT2D eigenvalue weighted by molar-refractivity contribution is 7.89. The number of piperidine rings is 1. The number of aromatic nitrogens is 2. The number of ether oxygens (including phenoxy) is 2. The first kappa shape index (κ1) is 18.7. The number of nitrogens with zero attached hydrogens (tertiary/aromatic N) is 3. The van der Waals surface area contributed by atoms with Gasteiger partial charge in [-0.05, 0) is 24.8 Å². The van der Waals surface area contributed by atoms with E-state index >= 15 is 0 Å². The van der Waals surface area contributed by atoms with Gasteiger partial charge in [0.2, 0.25) is 0 Å². The van der Waals surface area contributed by atoms with Gasteiger partial charge < -0.3 is 14.4 Å². The number of anilines is 1. The van der Waals surface area contributed by atoms with Gasteiger partial charge in [0, 0.05) is 37.3 Å². The molecule has 0 saturated carbocycles. The molecule has 26 heavy (non-hydrogen) atoms. The topological polar surface area (TPSA) is 100 Å². The van der Waals surface area contributed by atoms with Crippen LogP contribution in [0.4, 0.5) is 5.82 Å². The van der Waals surface area contributed by atoms with Crippen LogP contribution in [-0.2, 0) is 9.92 Å². The number of rotatable bonds is 6. The van der Waals surface area contributed by atoms with Crippen molar-refractivity contribution in [2.24, 2.45) is 5.92 Å². The number of fused-ring (bicyclic) bond motifs is 1. The van der Waals surface area contributed by atoms with Crippen molar-refractivity contribution in [3.8, 4) is 11.5 Å². The number of hydrogen-bond acceptors (Lipinski definition) is 7. The molecular formula is C17H25N5O3S. The molecule has 1 aromatic carbocycles. The molecule has 0 unspecified atom stereocenters. The van der Waals surface area contributed by atoms with E-state index in [1.807, 2.05) is 12.1 Å². The van der Waals surface area contributed by atoms with E-state index in [0.29, 0.717) is 24.0 Å². The van der Waals surface area contributed by atoms with Gasteiger partial charge in [0.15, 0.2) is 11.5 Å². The predicted octanol–water partition coefficient (Wildman–Crippen LogP) is 2.04. The lowest BCUT2D eigenvalue weighted by molar-refractivity contribution is 0.355. The summed E-state index contributed by atoms with van der Waals surface area (Å²) in [5.74, 6) is 2.61. The van der Waals surface area contributed by atoms with Crippen molar-refractivity contribution >= 4 is 26.6 Å². The van der Waals surface area contributed by atoms with Crippen LogP contribution in [0.2, 0.25) is 0 Å². The molecule has 1 fully saturated rings. The Hall–Kier alpha value is -2.13. The van der Waals surface area contributed by atoms with Crippen molar-refractivity contribution in [1.82, 2.24) is 14.7 Å². The molecule has 0 radical (unpaired) electrons. The van der Waals surface area contributed by atoms with Gasteiger partial charge in [-0.25, -0.2) is 23.7 Å². The van der Waals surface area contributed by atoms with Crippen LogP contribution in [0.5, 0.6) is 11.5 Å². The SMILES string of the molecule is COc1cc2ncnc(N3CCC(CN[S@@](C)(=N)=O)CC3)c2cc1OC. The highest BCUT2D eigenvalue weighted by atomic mass is 32.2. The molecule has 142 valence electrons. The van der Waals surface area contributed by atoms with E-state index < -0.39 is 9.92 Å². The van der Waals surface area contributed by atoms with Gasteiger partial charge in [0.1, 0.15) is 22.1 Å². The van der Waals surface area contributed by atoms with Gasteiger partial charge in [-0.15, -0.1) is 0 Å². The summed E-state index contributed by atoms with van der Waals surface area (Å²) in [6, 6.07) is 3.78. The zero-order chi connectivity index (χ0) is 18.7. The average molecular weight is 379 g/mol. The molecule has 1 aliphatic rings. The zero-order valence-electron chi connectivity index (χ0n) is 15.3. The minimum Gasteiger partial charge on any atom is -0.493 e. The van der Waals surface area contributed by atoms with E-state index in [9.17, 15) is 4.21 Å². The van der Waals surface area contributed by atoms with Crippen LogP contribution >= 0.6 is 0 Å². The summed E-state index contributed by atoms with van der Waals surface area (Å²) < 4.78 is 32.5. The van der Waals surface area contributed by atoms with Gasteiger partial charge in [-0.1, -0.05) is 0 Å². The Kier molecular flexibility index (Phi) is 5.47. The van der Waals surface area contributed by atoms with Gasteiger partial charge in [0.25, 0.3) is 0 Å². The van der Waals surface area contributed by atoms with Gasteiger partial charge in [-0.3, -0.25) is 0 Å². The van der Waals surface area contributed by atoms with Crippen LogP contribution in [0, 0.1) is 10.7 Å². The number of hydrogen-bond donors (Lipinski definition) is 2. The minimum atomic E-state index is -2.64. The third kappa shape index (κ3) is 4.16. The Bertz CT molecular complexity index is 879. The molecule has 0 spiro atoms. The number of nitrogens with one attached hydrogen (secondary N) is 2. The molecule has 8 nitrogen and oxygen atoms in total. The molecule has 1 aromatic heterocycles. The minimum absolute atomic E-state index is 0.417. The van der Waals surface area contributed by atoms with E-state index in [4.69, 9.17) is 14.3 Å². The summed E-state index contributed by atoms with van der Waals surface area (Å²) in [7, 11) is 0.580. The Morgan fingerprint density at radius 2 is 1.88 bits per heavy atom. The molecule has 1 saturated heterocycles. The molecule has 0 aliphatic carbocycles. The lowest BCUT2D eigenvalue weighted by Gasteiger charge is -2.33. The molecule has 2 aromatic rings. The summed E-state index contributed by atoms with van der Waals surface area (Å²) in [5, 5.41) is 0.935. The van der Waals surface area contributed by atoms with Gasteiger partial charge in [-0.2, -0.15) is 0 Å². The lowest BCUT2D eigenvalue weighted by atomic mass is 9.97. The van der Waals surface area contributed by atoms with Crippen molar-refractivity contribution in [3.05, 3.63) is 18.5 Å². The van der Waals surface area contributed by atoms with Crippen LogP contribution in [0.15, 0.2) is 18.5 Å². The van der Waals surface area contributed by atoms with Crippen molar-refractivity contribution in [2.75, 3.05) is 45.0 Å². The first-order valence-corrected chi connectivity index (χ1v) is 10.5. The number of benzene rings is 1. The van der Waals surface area contributed by atoms with E-state index in [-0.39, 0.29) is 0 Å². The third-order valence-corrected chi connectivity index (χ3v) is 5.40. The zero-order valence-corrected chi connectivity index (χ0v) is 16.1.